The van der Waals surface area contributed by atoms with Gasteiger partial charge in [-0.25, -0.2) is 9.59 Å². The van der Waals surface area contributed by atoms with Gasteiger partial charge in [0.1, 0.15) is 10.5 Å². The number of benzene rings is 2. The second kappa shape index (κ2) is 10.3. The second-order valence-corrected chi connectivity index (χ2v) is 10.4. The summed E-state index contributed by atoms with van der Waals surface area (Å²) in [6, 6.07) is 14.6. The van der Waals surface area contributed by atoms with E-state index in [2.05, 4.69) is 31.9 Å². The van der Waals surface area contributed by atoms with E-state index < -0.39 is 23.4 Å². The lowest BCUT2D eigenvalue weighted by Crippen LogP contribution is -2.41. The Morgan fingerprint density at radius 1 is 1.09 bits per heavy atom. The Balaban J connectivity index is 2.13. The zero-order chi connectivity index (χ0) is 25.3. The molecule has 2 aromatic carbocycles. The van der Waals surface area contributed by atoms with Gasteiger partial charge in [-0.3, -0.25) is 9.36 Å². The molecule has 3 aromatic rings. The Morgan fingerprint density at radius 3 is 2.40 bits per heavy atom. The molecule has 1 aliphatic heterocycles. The number of methoxy groups -OCH3 is 1. The Morgan fingerprint density at radius 2 is 1.77 bits per heavy atom. The second-order valence-electron chi connectivity index (χ2n) is 7.52. The van der Waals surface area contributed by atoms with E-state index in [0.717, 1.165) is 25.8 Å². The minimum Gasteiger partial charge on any atom is -0.466 e. The SMILES string of the molecule is CCOC(=O)C1=C(N)n2c(s/c(=C/c3cccc(Br)c3)c2=O)=C(C(=O)OC)C1c1cccc(Br)c1. The molecule has 0 amide bonds. The number of carbonyl (C=O) groups excluding carboxylic acids is 2. The lowest BCUT2D eigenvalue weighted by atomic mass is 9.83. The third-order valence-electron chi connectivity index (χ3n) is 5.38. The zero-order valence-electron chi connectivity index (χ0n) is 18.7. The fourth-order valence-corrected chi connectivity index (χ4v) is 5.93. The van der Waals surface area contributed by atoms with Crippen molar-refractivity contribution in [1.29, 1.82) is 0 Å². The summed E-state index contributed by atoms with van der Waals surface area (Å²) in [6.07, 6.45) is 1.71. The summed E-state index contributed by atoms with van der Waals surface area (Å²) < 4.78 is 13.8. The van der Waals surface area contributed by atoms with E-state index in [-0.39, 0.29) is 23.6 Å². The van der Waals surface area contributed by atoms with Crippen molar-refractivity contribution < 1.29 is 19.1 Å². The van der Waals surface area contributed by atoms with Crippen LogP contribution in [0.3, 0.4) is 0 Å². The molecule has 2 heterocycles. The van der Waals surface area contributed by atoms with Crippen LogP contribution in [0.4, 0.5) is 0 Å². The third kappa shape index (κ3) is 4.78. The molecular formula is C25H20Br2N2O5S. The van der Waals surface area contributed by atoms with Crippen LogP contribution in [0.25, 0.3) is 17.5 Å². The van der Waals surface area contributed by atoms with E-state index in [1.807, 2.05) is 30.3 Å². The summed E-state index contributed by atoms with van der Waals surface area (Å²) in [7, 11) is 1.25. The number of aromatic nitrogens is 1. The molecule has 0 fully saturated rings. The molecule has 1 unspecified atom stereocenters. The number of esters is 2. The third-order valence-corrected chi connectivity index (χ3v) is 7.47. The van der Waals surface area contributed by atoms with Crippen molar-refractivity contribution in [2.45, 2.75) is 12.8 Å². The summed E-state index contributed by atoms with van der Waals surface area (Å²) in [5.74, 6) is -2.35. The number of rotatable bonds is 5. The first-order chi connectivity index (χ1) is 16.8. The fourth-order valence-electron chi connectivity index (χ4n) is 3.93. The van der Waals surface area contributed by atoms with E-state index >= 15 is 0 Å². The quantitative estimate of drug-likeness (QED) is 0.441. The molecule has 10 heteroatoms. The van der Waals surface area contributed by atoms with Gasteiger partial charge in [0.2, 0.25) is 0 Å². The van der Waals surface area contributed by atoms with Crippen LogP contribution in [0.2, 0.25) is 0 Å². The van der Waals surface area contributed by atoms with E-state index in [4.69, 9.17) is 15.2 Å². The molecule has 7 nitrogen and oxygen atoms in total. The molecule has 35 heavy (non-hydrogen) atoms. The molecule has 4 rings (SSSR count). The number of halogens is 2. The topological polar surface area (TPSA) is 101 Å². The van der Waals surface area contributed by atoms with Crippen LogP contribution in [0.1, 0.15) is 24.0 Å². The molecule has 180 valence electrons. The maximum atomic E-state index is 13.5. The Kier molecular flexibility index (Phi) is 7.44. The van der Waals surface area contributed by atoms with Crippen molar-refractivity contribution >= 4 is 72.6 Å². The van der Waals surface area contributed by atoms with Crippen molar-refractivity contribution in [1.82, 2.24) is 4.57 Å². The van der Waals surface area contributed by atoms with Gasteiger partial charge in [0.15, 0.2) is 0 Å². The normalized spacial score (nSPS) is 15.7. The monoisotopic (exact) mass is 618 g/mol. The van der Waals surface area contributed by atoms with Crippen molar-refractivity contribution in [2.75, 3.05) is 13.7 Å². The molecule has 0 saturated carbocycles. The molecule has 1 aromatic heterocycles. The summed E-state index contributed by atoms with van der Waals surface area (Å²) in [5.41, 5.74) is 7.58. The molecule has 0 radical (unpaired) electrons. The number of thiazole rings is 1. The summed E-state index contributed by atoms with van der Waals surface area (Å²) in [5, 5.41) is 0. The zero-order valence-corrected chi connectivity index (χ0v) is 22.7. The van der Waals surface area contributed by atoms with Crippen LogP contribution in [0, 0.1) is 0 Å². The van der Waals surface area contributed by atoms with Crippen LogP contribution >= 0.6 is 43.2 Å². The summed E-state index contributed by atoms with van der Waals surface area (Å²) in [6.45, 7) is 1.77. The highest BCUT2D eigenvalue weighted by molar-refractivity contribution is 9.10. The van der Waals surface area contributed by atoms with Gasteiger partial charge in [-0.05, 0) is 48.4 Å². The number of fused-ring (bicyclic) bond motifs is 1. The summed E-state index contributed by atoms with van der Waals surface area (Å²) >= 11 is 7.99. The first-order valence-corrected chi connectivity index (χ1v) is 12.9. The van der Waals surface area contributed by atoms with E-state index in [0.29, 0.717) is 14.8 Å². The molecule has 2 N–H and O–H groups in total. The number of hydrogen-bond donors (Lipinski definition) is 1. The van der Waals surface area contributed by atoms with Crippen LogP contribution in [-0.4, -0.2) is 30.2 Å². The molecule has 0 bridgehead atoms. The number of nitrogens with two attached hydrogens (primary N) is 1. The van der Waals surface area contributed by atoms with Crippen LogP contribution in [0.5, 0.6) is 0 Å². The summed E-state index contributed by atoms with van der Waals surface area (Å²) in [4.78, 5) is 39.8. The largest absolute Gasteiger partial charge is 0.466 e. The average molecular weight is 620 g/mol. The number of ether oxygens (including phenoxy) is 2. The van der Waals surface area contributed by atoms with Gasteiger partial charge in [-0.15, -0.1) is 11.3 Å². The minimum atomic E-state index is -0.893. The van der Waals surface area contributed by atoms with Crippen molar-refractivity contribution in [2.24, 2.45) is 5.73 Å². The Labute approximate surface area is 221 Å². The van der Waals surface area contributed by atoms with Crippen LogP contribution < -0.4 is 20.5 Å². The highest BCUT2D eigenvalue weighted by atomic mass is 79.9. The van der Waals surface area contributed by atoms with Crippen molar-refractivity contribution in [3.05, 3.63) is 93.7 Å². The predicted octanol–water partition coefficient (Wildman–Crippen LogP) is 3.08. The van der Waals surface area contributed by atoms with Crippen molar-refractivity contribution in [3.8, 4) is 0 Å². The number of hydrogen-bond acceptors (Lipinski definition) is 7. The van der Waals surface area contributed by atoms with E-state index in [1.165, 1.54) is 11.7 Å². The van der Waals surface area contributed by atoms with Crippen LogP contribution in [-0.2, 0) is 19.1 Å². The lowest BCUT2D eigenvalue weighted by molar-refractivity contribution is -0.138. The predicted molar refractivity (Wildman–Crippen MR) is 142 cm³/mol. The number of nitrogens with zero attached hydrogens (tertiary/aromatic N) is 1. The molecule has 0 aliphatic carbocycles. The smallest absolute Gasteiger partial charge is 0.338 e. The standard InChI is InChI=1S/C25H20Br2N2O5S/c1-3-34-25(32)19-18(14-7-5-9-16(27)12-14)20(24(31)33-2)23-29(21(19)28)22(30)17(35-23)11-13-6-4-8-15(26)10-13/h4-12,18H,3,28H2,1-2H3/b17-11+. The van der Waals surface area contributed by atoms with Gasteiger partial charge in [0.05, 0.1) is 35.3 Å². The molecule has 0 saturated heterocycles. The van der Waals surface area contributed by atoms with E-state index in [9.17, 15) is 14.4 Å². The van der Waals surface area contributed by atoms with Crippen LogP contribution in [0.15, 0.2) is 67.8 Å². The van der Waals surface area contributed by atoms with Gasteiger partial charge >= 0.3 is 11.9 Å². The Bertz CT molecular complexity index is 1550. The first kappa shape index (κ1) is 25.2. The van der Waals surface area contributed by atoms with Gasteiger partial charge in [0.25, 0.3) is 5.56 Å². The van der Waals surface area contributed by atoms with Crippen molar-refractivity contribution in [3.63, 3.8) is 0 Å². The minimum absolute atomic E-state index is 0.00626. The van der Waals surface area contributed by atoms with Gasteiger partial charge < -0.3 is 15.2 Å². The van der Waals surface area contributed by atoms with E-state index in [1.54, 1.807) is 31.2 Å². The van der Waals surface area contributed by atoms with Gasteiger partial charge in [0, 0.05) is 8.95 Å². The molecular weight excluding hydrogens is 600 g/mol. The number of carbonyl (C=O) groups is 2. The first-order valence-electron chi connectivity index (χ1n) is 10.5. The maximum Gasteiger partial charge on any atom is 0.338 e. The molecule has 0 spiro atoms. The fraction of sp³-hybridized carbons (Fsp3) is 0.160. The van der Waals surface area contributed by atoms with Gasteiger partial charge in [-0.2, -0.15) is 0 Å². The maximum absolute atomic E-state index is 13.5. The highest BCUT2D eigenvalue weighted by Crippen LogP contribution is 2.38. The molecule has 1 aliphatic rings. The van der Waals surface area contributed by atoms with Gasteiger partial charge in [-0.1, -0.05) is 56.1 Å². The average Bonchev–Trinajstić information content (AvgIpc) is 3.14. The Hall–Kier alpha value is -2.95. The highest BCUT2D eigenvalue weighted by Gasteiger charge is 2.39. The molecule has 1 atom stereocenters. The lowest BCUT2D eigenvalue weighted by Gasteiger charge is -2.26.